The minimum absolute atomic E-state index is 0.0998. The zero-order valence-corrected chi connectivity index (χ0v) is 10.6. The molecule has 0 saturated heterocycles. The van der Waals surface area contributed by atoms with Crippen LogP contribution in [-0.2, 0) is 4.79 Å². The van der Waals surface area contributed by atoms with E-state index < -0.39 is 39.1 Å². The van der Waals surface area contributed by atoms with Crippen LogP contribution in [0.5, 0.6) is 0 Å². The molecule has 0 aliphatic heterocycles. The van der Waals surface area contributed by atoms with E-state index in [4.69, 9.17) is 15.3 Å². The fourth-order valence-corrected chi connectivity index (χ4v) is 1.51. The van der Waals surface area contributed by atoms with E-state index >= 15 is 0 Å². The van der Waals surface area contributed by atoms with Gasteiger partial charge in [0, 0.05) is 12.1 Å². The van der Waals surface area contributed by atoms with Gasteiger partial charge in [-0.2, -0.15) is 0 Å². The van der Waals surface area contributed by atoms with E-state index in [-0.39, 0.29) is 11.5 Å². The van der Waals surface area contributed by atoms with E-state index in [1.54, 1.807) is 0 Å². The average Bonchev–Trinajstić information content (AvgIpc) is 2.95. The van der Waals surface area contributed by atoms with E-state index in [0.717, 1.165) is 18.2 Å². The number of hydrogen-bond donors (Lipinski definition) is 2. The summed E-state index contributed by atoms with van der Waals surface area (Å²) < 4.78 is 4.99. The predicted molar refractivity (Wildman–Crippen MR) is 67.6 cm³/mol. The molecule has 1 atom stereocenters. The fraction of sp³-hybridized carbons (Fsp3) is 0.100. The van der Waals surface area contributed by atoms with Crippen LogP contribution >= 0.6 is 0 Å². The Labute approximate surface area is 120 Å². The molecule has 1 heterocycles. The molecule has 1 aromatic carbocycles. The molecule has 12 nitrogen and oxygen atoms in total. The summed E-state index contributed by atoms with van der Waals surface area (Å²) in [6.45, 7) is 0. The Bertz CT molecular complexity index is 739. The van der Waals surface area contributed by atoms with E-state index in [9.17, 15) is 25.0 Å². The first-order chi connectivity index (χ1) is 10.3. The average molecular weight is 309 g/mol. The lowest BCUT2D eigenvalue weighted by molar-refractivity contribution is -0.394. The number of nitrogens with zero attached hydrogens (tertiary/aromatic N) is 4. The zero-order valence-electron chi connectivity index (χ0n) is 10.6. The van der Waals surface area contributed by atoms with Crippen molar-refractivity contribution < 1.29 is 24.2 Å². The van der Waals surface area contributed by atoms with Gasteiger partial charge in [0.1, 0.15) is 0 Å². The van der Waals surface area contributed by atoms with Crippen molar-refractivity contribution in [2.45, 2.75) is 6.04 Å². The standard InChI is InChI=1S/C10H7N5O7/c11-7(10(16)17)9-13-12-8(22-9)4-1-5(14(18)19)3-6(2-4)15(20)21/h1-3,7H,11H2,(H,16,17). The summed E-state index contributed by atoms with van der Waals surface area (Å²) in [7, 11) is 0. The highest BCUT2D eigenvalue weighted by Crippen LogP contribution is 2.29. The van der Waals surface area contributed by atoms with Crippen LogP contribution in [0.1, 0.15) is 11.9 Å². The number of hydrogen-bond acceptors (Lipinski definition) is 9. The summed E-state index contributed by atoms with van der Waals surface area (Å²) in [6, 6.07) is 1.16. The second-order valence-corrected chi connectivity index (χ2v) is 4.01. The summed E-state index contributed by atoms with van der Waals surface area (Å²) in [4.78, 5) is 30.6. The second kappa shape index (κ2) is 5.53. The molecule has 3 N–H and O–H groups in total. The van der Waals surface area contributed by atoms with Crippen LogP contribution in [0.15, 0.2) is 22.6 Å². The first kappa shape index (κ1) is 15.0. The van der Waals surface area contributed by atoms with Crippen molar-refractivity contribution in [2.75, 3.05) is 0 Å². The van der Waals surface area contributed by atoms with Crippen molar-refractivity contribution in [3.05, 3.63) is 44.3 Å². The number of carboxylic acids is 1. The third-order valence-electron chi connectivity index (χ3n) is 2.54. The third-order valence-corrected chi connectivity index (χ3v) is 2.54. The van der Waals surface area contributed by atoms with Crippen LogP contribution in [0.4, 0.5) is 11.4 Å². The highest BCUT2D eigenvalue weighted by Gasteiger charge is 2.24. The molecule has 0 radical (unpaired) electrons. The first-order valence-electron chi connectivity index (χ1n) is 5.55. The summed E-state index contributed by atoms with van der Waals surface area (Å²) in [5.74, 6) is -2.17. The Balaban J connectivity index is 2.50. The molecule has 1 aromatic heterocycles. The van der Waals surface area contributed by atoms with Gasteiger partial charge >= 0.3 is 5.97 Å². The SMILES string of the molecule is NC(C(=O)O)c1nnc(-c2cc([N+](=O)[O-])cc([N+](=O)[O-])c2)o1. The molecular formula is C10H7N5O7. The first-order valence-corrected chi connectivity index (χ1v) is 5.55. The predicted octanol–water partition coefficient (Wildman–Crippen LogP) is 0.637. The van der Waals surface area contributed by atoms with Gasteiger partial charge in [0.25, 0.3) is 11.4 Å². The van der Waals surface area contributed by atoms with E-state index in [0.29, 0.717) is 0 Å². The quantitative estimate of drug-likeness (QED) is 0.585. The molecule has 0 saturated carbocycles. The molecule has 2 rings (SSSR count). The summed E-state index contributed by atoms with van der Waals surface area (Å²) >= 11 is 0. The molecule has 0 aliphatic carbocycles. The molecule has 114 valence electrons. The van der Waals surface area contributed by atoms with Crippen molar-refractivity contribution >= 4 is 17.3 Å². The minimum Gasteiger partial charge on any atom is -0.480 e. The number of carboxylic acid groups (broad SMARTS) is 1. The Kier molecular flexibility index (Phi) is 3.77. The lowest BCUT2D eigenvalue weighted by Gasteiger charge is -1.99. The number of non-ortho nitro benzene ring substituents is 2. The van der Waals surface area contributed by atoms with E-state index in [1.807, 2.05) is 0 Å². The lowest BCUT2D eigenvalue weighted by Crippen LogP contribution is -2.20. The maximum absolute atomic E-state index is 10.8. The van der Waals surface area contributed by atoms with Gasteiger partial charge < -0.3 is 15.3 Å². The fourth-order valence-electron chi connectivity index (χ4n) is 1.51. The minimum atomic E-state index is -1.57. The molecule has 0 spiro atoms. The maximum Gasteiger partial charge on any atom is 0.330 e. The molecule has 0 aliphatic rings. The van der Waals surface area contributed by atoms with Crippen molar-refractivity contribution in [1.29, 1.82) is 0 Å². The van der Waals surface area contributed by atoms with Gasteiger partial charge in [-0.3, -0.25) is 20.2 Å². The molecule has 0 bridgehead atoms. The molecule has 0 fully saturated rings. The number of nitro groups is 2. The number of nitrogens with two attached hydrogens (primary N) is 1. The van der Waals surface area contributed by atoms with Crippen LogP contribution in [0, 0.1) is 20.2 Å². The maximum atomic E-state index is 10.8. The number of benzene rings is 1. The van der Waals surface area contributed by atoms with Crippen LogP contribution in [-0.4, -0.2) is 31.1 Å². The van der Waals surface area contributed by atoms with Gasteiger partial charge in [0.05, 0.1) is 21.5 Å². The Morgan fingerprint density at radius 3 is 2.18 bits per heavy atom. The molecule has 12 heteroatoms. The number of aliphatic carboxylic acids is 1. The van der Waals surface area contributed by atoms with Gasteiger partial charge in [-0.15, -0.1) is 10.2 Å². The highest BCUT2D eigenvalue weighted by atomic mass is 16.6. The van der Waals surface area contributed by atoms with Crippen molar-refractivity contribution in [1.82, 2.24) is 10.2 Å². The topological polar surface area (TPSA) is 189 Å². The third kappa shape index (κ3) is 2.85. The second-order valence-electron chi connectivity index (χ2n) is 4.01. The lowest BCUT2D eigenvalue weighted by atomic mass is 10.2. The normalized spacial score (nSPS) is 11.9. The summed E-state index contributed by atoms with van der Waals surface area (Å²) in [5, 5.41) is 37.2. The smallest absolute Gasteiger partial charge is 0.330 e. The molecule has 1 unspecified atom stereocenters. The number of aromatic nitrogens is 2. The summed E-state index contributed by atoms with van der Waals surface area (Å²) in [6.07, 6.45) is 0. The van der Waals surface area contributed by atoms with Crippen LogP contribution in [0.3, 0.4) is 0 Å². The molecular weight excluding hydrogens is 302 g/mol. The Hall–Kier alpha value is -3.41. The largest absolute Gasteiger partial charge is 0.480 e. The zero-order chi connectivity index (χ0) is 16.4. The van der Waals surface area contributed by atoms with Crippen molar-refractivity contribution in [2.24, 2.45) is 5.73 Å². The Morgan fingerprint density at radius 1 is 1.18 bits per heavy atom. The van der Waals surface area contributed by atoms with E-state index in [1.165, 1.54) is 0 Å². The van der Waals surface area contributed by atoms with Gasteiger partial charge in [0.2, 0.25) is 11.8 Å². The monoisotopic (exact) mass is 309 g/mol. The van der Waals surface area contributed by atoms with Gasteiger partial charge in [-0.05, 0) is 0 Å². The number of rotatable bonds is 5. The van der Waals surface area contributed by atoms with Crippen LogP contribution in [0.2, 0.25) is 0 Å². The number of carbonyl (C=O) groups is 1. The summed E-state index contributed by atoms with van der Waals surface area (Å²) in [5.41, 5.74) is 4.07. The van der Waals surface area contributed by atoms with Crippen LogP contribution in [0.25, 0.3) is 11.5 Å². The van der Waals surface area contributed by atoms with Crippen molar-refractivity contribution in [3.63, 3.8) is 0 Å². The van der Waals surface area contributed by atoms with Gasteiger partial charge in [0.15, 0.2) is 6.04 Å². The molecule has 22 heavy (non-hydrogen) atoms. The van der Waals surface area contributed by atoms with Crippen molar-refractivity contribution in [3.8, 4) is 11.5 Å². The van der Waals surface area contributed by atoms with Crippen LogP contribution < -0.4 is 5.73 Å². The van der Waals surface area contributed by atoms with E-state index in [2.05, 4.69) is 10.2 Å². The number of nitro benzene ring substituents is 2. The molecule has 2 aromatic rings. The van der Waals surface area contributed by atoms with Gasteiger partial charge in [-0.1, -0.05) is 0 Å². The Morgan fingerprint density at radius 2 is 1.73 bits per heavy atom. The van der Waals surface area contributed by atoms with Gasteiger partial charge in [-0.25, -0.2) is 4.79 Å². The molecule has 0 amide bonds. The highest BCUT2D eigenvalue weighted by molar-refractivity contribution is 5.73.